The van der Waals surface area contributed by atoms with Gasteiger partial charge in [0.25, 0.3) is 0 Å². The number of benzene rings is 1. The fourth-order valence-electron chi connectivity index (χ4n) is 1.61. The molecule has 1 N–H and O–H groups in total. The smallest absolute Gasteiger partial charge is 0.125 e. The van der Waals surface area contributed by atoms with Crippen molar-refractivity contribution in [3.05, 3.63) is 53.2 Å². The number of methoxy groups -OCH3 is 1. The number of pyridine rings is 1. The number of anilines is 1. The van der Waals surface area contributed by atoms with Gasteiger partial charge in [-0.1, -0.05) is 23.7 Å². The molecule has 0 aliphatic heterocycles. The van der Waals surface area contributed by atoms with Gasteiger partial charge in [-0.2, -0.15) is 0 Å². The molecule has 3 nitrogen and oxygen atoms in total. The number of hydrogen-bond donors (Lipinski definition) is 1. The Balaban J connectivity index is 1.82. The van der Waals surface area contributed by atoms with E-state index < -0.39 is 0 Å². The van der Waals surface area contributed by atoms with Gasteiger partial charge in [-0.05, 0) is 36.2 Å². The quantitative estimate of drug-likeness (QED) is 0.897. The van der Waals surface area contributed by atoms with Gasteiger partial charge in [0, 0.05) is 12.7 Å². The van der Waals surface area contributed by atoms with Gasteiger partial charge in [0.1, 0.15) is 11.6 Å². The summed E-state index contributed by atoms with van der Waals surface area (Å²) in [6, 6.07) is 11.8. The number of halogens is 1. The van der Waals surface area contributed by atoms with Crippen molar-refractivity contribution in [2.24, 2.45) is 0 Å². The Hall–Kier alpha value is -1.74. The Morgan fingerprint density at radius 1 is 1.17 bits per heavy atom. The van der Waals surface area contributed by atoms with Crippen LogP contribution in [-0.2, 0) is 6.42 Å². The van der Waals surface area contributed by atoms with Crippen LogP contribution in [0.15, 0.2) is 42.6 Å². The summed E-state index contributed by atoms with van der Waals surface area (Å²) in [7, 11) is 1.67. The minimum Gasteiger partial charge on any atom is -0.497 e. The number of rotatable bonds is 5. The molecule has 2 aromatic rings. The molecule has 4 heteroatoms. The lowest BCUT2D eigenvalue weighted by atomic mass is 10.1. The van der Waals surface area contributed by atoms with Crippen molar-refractivity contribution in [2.45, 2.75) is 6.42 Å². The van der Waals surface area contributed by atoms with Crippen LogP contribution < -0.4 is 10.1 Å². The van der Waals surface area contributed by atoms with E-state index in [4.69, 9.17) is 16.3 Å². The molecule has 0 unspecified atom stereocenters. The Morgan fingerprint density at radius 3 is 2.56 bits per heavy atom. The van der Waals surface area contributed by atoms with Crippen LogP contribution in [0.4, 0.5) is 5.82 Å². The Kier molecular flexibility index (Phi) is 4.42. The van der Waals surface area contributed by atoms with Gasteiger partial charge in [-0.3, -0.25) is 0 Å². The van der Waals surface area contributed by atoms with Crippen LogP contribution in [0.3, 0.4) is 0 Å². The molecule has 0 aliphatic rings. The van der Waals surface area contributed by atoms with E-state index in [1.165, 1.54) is 5.56 Å². The molecule has 94 valence electrons. The summed E-state index contributed by atoms with van der Waals surface area (Å²) in [5.41, 5.74) is 1.26. The summed E-state index contributed by atoms with van der Waals surface area (Å²) in [6.07, 6.45) is 2.57. The molecule has 0 aliphatic carbocycles. The minimum atomic E-state index is 0.649. The predicted molar refractivity (Wildman–Crippen MR) is 74.4 cm³/mol. The molecule has 0 amide bonds. The van der Waals surface area contributed by atoms with Crippen molar-refractivity contribution < 1.29 is 4.74 Å². The summed E-state index contributed by atoms with van der Waals surface area (Å²) in [6.45, 7) is 0.834. The zero-order valence-electron chi connectivity index (χ0n) is 10.2. The standard InChI is InChI=1S/C14H15ClN2O/c1-18-13-5-2-11(3-6-13)8-9-16-14-7-4-12(15)10-17-14/h2-7,10H,8-9H2,1H3,(H,16,17). The van der Waals surface area contributed by atoms with Crippen LogP contribution in [0.1, 0.15) is 5.56 Å². The first-order valence-electron chi connectivity index (χ1n) is 5.76. The number of nitrogens with one attached hydrogen (secondary N) is 1. The van der Waals surface area contributed by atoms with E-state index in [0.717, 1.165) is 24.5 Å². The highest BCUT2D eigenvalue weighted by Crippen LogP contribution is 2.12. The van der Waals surface area contributed by atoms with Gasteiger partial charge in [0.2, 0.25) is 0 Å². The van der Waals surface area contributed by atoms with Gasteiger partial charge in [0.05, 0.1) is 12.1 Å². The third-order valence-corrected chi connectivity index (χ3v) is 2.83. The van der Waals surface area contributed by atoms with Gasteiger partial charge in [-0.15, -0.1) is 0 Å². The van der Waals surface area contributed by atoms with Crippen molar-refractivity contribution >= 4 is 17.4 Å². The molecule has 0 atom stereocenters. The lowest BCUT2D eigenvalue weighted by Crippen LogP contribution is -2.05. The minimum absolute atomic E-state index is 0.649. The van der Waals surface area contributed by atoms with Crippen LogP contribution in [0.2, 0.25) is 5.02 Å². The van der Waals surface area contributed by atoms with Gasteiger partial charge >= 0.3 is 0 Å². The molecular formula is C14H15ClN2O. The summed E-state index contributed by atoms with van der Waals surface area (Å²) in [5.74, 6) is 1.72. The first-order valence-corrected chi connectivity index (χ1v) is 6.14. The van der Waals surface area contributed by atoms with Gasteiger partial charge in [-0.25, -0.2) is 4.98 Å². The van der Waals surface area contributed by atoms with E-state index >= 15 is 0 Å². The number of aromatic nitrogens is 1. The molecule has 0 saturated heterocycles. The monoisotopic (exact) mass is 262 g/mol. The second-order valence-electron chi connectivity index (χ2n) is 3.89. The normalized spacial score (nSPS) is 10.1. The third kappa shape index (κ3) is 3.64. The Bertz CT molecular complexity index is 482. The molecule has 1 aromatic heterocycles. The maximum Gasteiger partial charge on any atom is 0.125 e. The van der Waals surface area contributed by atoms with Crippen LogP contribution in [0.25, 0.3) is 0 Å². The number of hydrogen-bond acceptors (Lipinski definition) is 3. The van der Waals surface area contributed by atoms with Crippen LogP contribution in [0.5, 0.6) is 5.75 Å². The third-order valence-electron chi connectivity index (χ3n) is 2.61. The van der Waals surface area contributed by atoms with Crippen molar-refractivity contribution in [3.8, 4) is 5.75 Å². The van der Waals surface area contributed by atoms with E-state index in [0.29, 0.717) is 5.02 Å². The van der Waals surface area contributed by atoms with Crippen LogP contribution >= 0.6 is 11.6 Å². The molecule has 0 fully saturated rings. The zero-order chi connectivity index (χ0) is 12.8. The van der Waals surface area contributed by atoms with Crippen molar-refractivity contribution in [1.82, 2.24) is 4.98 Å². The van der Waals surface area contributed by atoms with Crippen LogP contribution in [-0.4, -0.2) is 18.6 Å². The fraction of sp³-hybridized carbons (Fsp3) is 0.214. The number of nitrogens with zero attached hydrogens (tertiary/aromatic N) is 1. The fourth-order valence-corrected chi connectivity index (χ4v) is 1.72. The molecule has 0 spiro atoms. The lowest BCUT2D eigenvalue weighted by Gasteiger charge is -2.06. The summed E-state index contributed by atoms with van der Waals surface area (Å²) < 4.78 is 5.12. The van der Waals surface area contributed by atoms with E-state index in [-0.39, 0.29) is 0 Å². The first kappa shape index (κ1) is 12.7. The number of ether oxygens (including phenoxy) is 1. The molecule has 0 saturated carbocycles. The molecule has 0 bridgehead atoms. The summed E-state index contributed by atoms with van der Waals surface area (Å²) >= 11 is 5.77. The maximum atomic E-state index is 5.77. The summed E-state index contributed by atoms with van der Waals surface area (Å²) in [4.78, 5) is 4.17. The largest absolute Gasteiger partial charge is 0.497 e. The Morgan fingerprint density at radius 2 is 1.94 bits per heavy atom. The van der Waals surface area contributed by atoms with E-state index in [1.54, 1.807) is 13.3 Å². The average Bonchev–Trinajstić information content (AvgIpc) is 2.42. The topological polar surface area (TPSA) is 34.1 Å². The highest BCUT2D eigenvalue weighted by atomic mass is 35.5. The van der Waals surface area contributed by atoms with Gasteiger partial charge < -0.3 is 10.1 Å². The second-order valence-corrected chi connectivity index (χ2v) is 4.32. The van der Waals surface area contributed by atoms with Crippen molar-refractivity contribution in [2.75, 3.05) is 19.0 Å². The molecule has 18 heavy (non-hydrogen) atoms. The SMILES string of the molecule is COc1ccc(CCNc2ccc(Cl)cn2)cc1. The summed E-state index contributed by atoms with van der Waals surface area (Å²) in [5, 5.41) is 3.90. The van der Waals surface area contributed by atoms with E-state index in [1.807, 2.05) is 24.3 Å². The predicted octanol–water partition coefficient (Wildman–Crippen LogP) is 3.40. The lowest BCUT2D eigenvalue weighted by molar-refractivity contribution is 0.414. The van der Waals surface area contributed by atoms with Crippen LogP contribution in [0, 0.1) is 0 Å². The van der Waals surface area contributed by atoms with Crippen molar-refractivity contribution in [3.63, 3.8) is 0 Å². The highest BCUT2D eigenvalue weighted by Gasteiger charge is 1.96. The average molecular weight is 263 g/mol. The zero-order valence-corrected chi connectivity index (χ0v) is 10.9. The van der Waals surface area contributed by atoms with E-state index in [2.05, 4.69) is 22.4 Å². The van der Waals surface area contributed by atoms with Gasteiger partial charge in [0.15, 0.2) is 0 Å². The first-order chi connectivity index (χ1) is 8.78. The molecule has 1 heterocycles. The molecular weight excluding hydrogens is 248 g/mol. The Labute approximate surface area is 112 Å². The molecule has 2 rings (SSSR count). The van der Waals surface area contributed by atoms with E-state index in [9.17, 15) is 0 Å². The molecule has 1 aromatic carbocycles. The van der Waals surface area contributed by atoms with Crippen molar-refractivity contribution in [1.29, 1.82) is 0 Å². The second kappa shape index (κ2) is 6.26. The molecule has 0 radical (unpaired) electrons. The maximum absolute atomic E-state index is 5.77. The highest BCUT2D eigenvalue weighted by molar-refractivity contribution is 6.30.